The first-order valence-corrected chi connectivity index (χ1v) is 8.65. The number of carbonyl (C=O) groups is 1. The van der Waals surface area contributed by atoms with Crippen LogP contribution in [0.4, 0.5) is 0 Å². The third-order valence-corrected chi connectivity index (χ3v) is 4.32. The molecule has 3 aromatic rings. The number of benzene rings is 2. The highest BCUT2D eigenvalue weighted by Gasteiger charge is 2.21. The van der Waals surface area contributed by atoms with Crippen LogP contribution in [0.3, 0.4) is 0 Å². The van der Waals surface area contributed by atoms with Crippen LogP contribution in [-0.2, 0) is 0 Å². The summed E-state index contributed by atoms with van der Waals surface area (Å²) in [6.07, 6.45) is 3.01. The zero-order valence-corrected chi connectivity index (χ0v) is 15.8. The zero-order valence-electron chi connectivity index (χ0n) is 15.8. The van der Waals surface area contributed by atoms with Crippen molar-refractivity contribution in [2.45, 2.75) is 6.92 Å². The molecular weight excluding hydrogens is 370 g/mol. The first kappa shape index (κ1) is 19.6. The van der Waals surface area contributed by atoms with Crippen molar-refractivity contribution >= 4 is 18.1 Å². The van der Waals surface area contributed by atoms with Crippen molar-refractivity contribution in [2.75, 3.05) is 7.11 Å². The van der Waals surface area contributed by atoms with E-state index in [-0.39, 0.29) is 16.8 Å². The van der Waals surface area contributed by atoms with Crippen molar-refractivity contribution in [1.82, 2.24) is 9.78 Å². The van der Waals surface area contributed by atoms with Crippen molar-refractivity contribution in [3.63, 3.8) is 0 Å². The number of ether oxygens (including phenoxy) is 1. The molecule has 0 aliphatic heterocycles. The Balaban J connectivity index is 2.22. The molecule has 144 valence electrons. The topological polar surface area (TPSA) is 105 Å². The van der Waals surface area contributed by atoms with Crippen LogP contribution in [0.15, 0.2) is 53.3 Å². The van der Waals surface area contributed by atoms with Crippen LogP contribution in [0.25, 0.3) is 17.8 Å². The highest BCUT2D eigenvalue weighted by Crippen LogP contribution is 2.19. The number of hydrogen-bond donors (Lipinski definition) is 1. The van der Waals surface area contributed by atoms with Gasteiger partial charge in [-0.25, -0.2) is 4.79 Å². The summed E-state index contributed by atoms with van der Waals surface area (Å²) < 4.78 is 6.12. The van der Waals surface area contributed by atoms with Crippen LogP contribution >= 0.6 is 0 Å². The molecule has 2 aromatic carbocycles. The number of nitrogens with zero attached hydrogens (tertiary/aromatic N) is 3. The number of para-hydroxylation sites is 1. The fraction of sp³-hybridized carbons (Fsp3) is 0.0909. The number of methoxy groups -OCH3 is 1. The Hall–Kier alpha value is -4.18. The summed E-state index contributed by atoms with van der Waals surface area (Å²) in [5, 5.41) is 23.3. The molecule has 7 heteroatoms. The minimum Gasteiger partial charge on any atom is -0.497 e. The summed E-state index contributed by atoms with van der Waals surface area (Å²) in [5.41, 5.74) is 0.451. The van der Waals surface area contributed by atoms with Gasteiger partial charge >= 0.3 is 5.97 Å². The summed E-state index contributed by atoms with van der Waals surface area (Å²) >= 11 is 0. The molecule has 0 atom stereocenters. The van der Waals surface area contributed by atoms with Crippen molar-refractivity contribution in [2.24, 2.45) is 0 Å². The Labute approximate surface area is 166 Å². The molecule has 1 heterocycles. The van der Waals surface area contributed by atoms with E-state index in [0.29, 0.717) is 17.0 Å². The summed E-state index contributed by atoms with van der Waals surface area (Å²) in [7, 11) is 1.54. The number of aryl methyl sites for hydroxylation is 1. The van der Waals surface area contributed by atoms with Crippen molar-refractivity contribution in [1.29, 1.82) is 5.26 Å². The van der Waals surface area contributed by atoms with Gasteiger partial charge in [0.05, 0.1) is 12.8 Å². The molecule has 7 nitrogen and oxygen atoms in total. The maximum Gasteiger partial charge on any atom is 0.357 e. The fourth-order valence-corrected chi connectivity index (χ4v) is 2.86. The van der Waals surface area contributed by atoms with Gasteiger partial charge in [0.15, 0.2) is 5.69 Å². The second kappa shape index (κ2) is 8.23. The number of carboxylic acid groups (broad SMARTS) is 1. The maximum atomic E-state index is 12.9. The average Bonchev–Trinajstić information content (AvgIpc) is 2.72. The van der Waals surface area contributed by atoms with Crippen LogP contribution < -0.4 is 10.3 Å². The SMILES string of the molecule is COc1cccc(/C=C\c2c(C(=O)O)nn(-c3ccccc3C)c(=O)c2C#N)c1. The minimum atomic E-state index is -1.34. The van der Waals surface area contributed by atoms with Gasteiger partial charge in [-0.15, -0.1) is 0 Å². The molecule has 0 bridgehead atoms. The summed E-state index contributed by atoms with van der Waals surface area (Å²) in [5.74, 6) is -0.715. The monoisotopic (exact) mass is 387 g/mol. The van der Waals surface area contributed by atoms with Crippen molar-refractivity contribution in [3.8, 4) is 17.5 Å². The van der Waals surface area contributed by atoms with Gasteiger partial charge in [0, 0.05) is 5.56 Å². The lowest BCUT2D eigenvalue weighted by atomic mass is 10.1. The highest BCUT2D eigenvalue weighted by molar-refractivity contribution is 5.92. The van der Waals surface area contributed by atoms with Gasteiger partial charge < -0.3 is 9.84 Å². The molecule has 0 amide bonds. The molecule has 0 aliphatic rings. The number of aromatic nitrogens is 2. The molecule has 3 rings (SSSR count). The molecule has 1 N–H and O–H groups in total. The van der Waals surface area contributed by atoms with E-state index in [1.807, 2.05) is 6.07 Å². The van der Waals surface area contributed by atoms with Crippen LogP contribution in [-0.4, -0.2) is 28.0 Å². The molecule has 0 aliphatic carbocycles. The first-order valence-electron chi connectivity index (χ1n) is 8.65. The standard InChI is InChI=1S/C22H17N3O4/c1-14-6-3-4-9-19(14)25-21(26)18(13-23)17(20(24-25)22(27)28)11-10-15-7-5-8-16(12-15)29-2/h3-12H,1-2H3,(H,27,28)/b11-10-. The fourth-order valence-electron chi connectivity index (χ4n) is 2.86. The van der Waals surface area contributed by atoms with E-state index < -0.39 is 11.5 Å². The Morgan fingerprint density at radius 3 is 2.62 bits per heavy atom. The van der Waals surface area contributed by atoms with E-state index >= 15 is 0 Å². The summed E-state index contributed by atoms with van der Waals surface area (Å²) in [4.78, 5) is 24.7. The van der Waals surface area contributed by atoms with E-state index in [0.717, 1.165) is 10.2 Å². The van der Waals surface area contributed by atoms with Crippen molar-refractivity contribution in [3.05, 3.63) is 86.8 Å². The Morgan fingerprint density at radius 1 is 1.21 bits per heavy atom. The van der Waals surface area contributed by atoms with E-state index in [4.69, 9.17) is 4.74 Å². The average molecular weight is 387 g/mol. The third kappa shape index (κ3) is 3.92. The Morgan fingerprint density at radius 2 is 1.97 bits per heavy atom. The number of rotatable bonds is 5. The van der Waals surface area contributed by atoms with Gasteiger partial charge in [-0.2, -0.15) is 15.0 Å². The third-order valence-electron chi connectivity index (χ3n) is 4.32. The predicted molar refractivity (Wildman–Crippen MR) is 108 cm³/mol. The van der Waals surface area contributed by atoms with Gasteiger partial charge in [-0.1, -0.05) is 42.5 Å². The normalized spacial score (nSPS) is 10.7. The molecule has 0 radical (unpaired) electrons. The largest absolute Gasteiger partial charge is 0.497 e. The number of nitriles is 1. The highest BCUT2D eigenvalue weighted by atomic mass is 16.5. The zero-order chi connectivity index (χ0) is 21.0. The number of aromatic carboxylic acids is 1. The summed E-state index contributed by atoms with van der Waals surface area (Å²) in [6.45, 7) is 1.77. The van der Waals surface area contributed by atoms with Crippen LogP contribution in [0.1, 0.15) is 32.7 Å². The molecule has 29 heavy (non-hydrogen) atoms. The molecule has 0 spiro atoms. The molecule has 0 saturated carbocycles. The van der Waals surface area contributed by atoms with Crippen LogP contribution in [0, 0.1) is 18.3 Å². The lowest BCUT2D eigenvalue weighted by Crippen LogP contribution is -2.28. The molecular formula is C22H17N3O4. The summed E-state index contributed by atoms with van der Waals surface area (Å²) in [6, 6.07) is 15.8. The maximum absolute atomic E-state index is 12.9. The van der Waals surface area contributed by atoms with E-state index in [2.05, 4.69) is 5.10 Å². The van der Waals surface area contributed by atoms with E-state index in [9.17, 15) is 20.0 Å². The quantitative estimate of drug-likeness (QED) is 0.720. The Kier molecular flexibility index (Phi) is 5.56. The number of hydrogen-bond acceptors (Lipinski definition) is 5. The van der Waals surface area contributed by atoms with Gasteiger partial charge in [0.2, 0.25) is 0 Å². The second-order valence-electron chi connectivity index (χ2n) is 6.17. The van der Waals surface area contributed by atoms with Gasteiger partial charge in [0.1, 0.15) is 17.4 Å². The van der Waals surface area contributed by atoms with E-state index in [1.54, 1.807) is 61.5 Å². The van der Waals surface area contributed by atoms with E-state index in [1.165, 1.54) is 13.2 Å². The molecule has 1 aromatic heterocycles. The minimum absolute atomic E-state index is 0.0438. The molecule has 0 unspecified atom stereocenters. The smallest absolute Gasteiger partial charge is 0.357 e. The predicted octanol–water partition coefficient (Wildman–Crippen LogP) is 3.29. The number of carboxylic acids is 1. The lowest BCUT2D eigenvalue weighted by molar-refractivity contribution is 0.0688. The first-order chi connectivity index (χ1) is 14.0. The molecule has 0 saturated heterocycles. The van der Waals surface area contributed by atoms with Crippen molar-refractivity contribution < 1.29 is 14.6 Å². The Bertz CT molecular complexity index is 1220. The molecule has 0 fully saturated rings. The van der Waals surface area contributed by atoms with Crippen LogP contribution in [0.5, 0.6) is 5.75 Å². The van der Waals surface area contributed by atoms with Gasteiger partial charge in [-0.05, 0) is 36.2 Å². The van der Waals surface area contributed by atoms with Crippen LogP contribution in [0.2, 0.25) is 0 Å². The lowest BCUT2D eigenvalue weighted by Gasteiger charge is -2.11. The van der Waals surface area contributed by atoms with Gasteiger partial charge in [-0.3, -0.25) is 4.79 Å². The second-order valence-corrected chi connectivity index (χ2v) is 6.17. The van der Waals surface area contributed by atoms with Gasteiger partial charge in [0.25, 0.3) is 5.56 Å².